The molecule has 0 saturated carbocycles. The number of thiazole rings is 1. The highest BCUT2D eigenvalue weighted by Crippen LogP contribution is 2.36. The number of hydrogen-bond donors (Lipinski definition) is 0. The smallest absolute Gasteiger partial charge is 0.251 e. The summed E-state index contributed by atoms with van der Waals surface area (Å²) in [5.74, 6) is -2.50. The Hall–Kier alpha value is -0.880. The number of nitrogens with zero attached hydrogens (tertiary/aromatic N) is 2. The summed E-state index contributed by atoms with van der Waals surface area (Å²) in [6, 6.07) is 6.09. The molecule has 0 atom stereocenters. The Morgan fingerprint density at radius 1 is 1.32 bits per heavy atom. The first-order chi connectivity index (χ1) is 9.09. The normalized spacial score (nSPS) is 19.0. The van der Waals surface area contributed by atoms with Crippen LogP contribution in [0, 0.1) is 0 Å². The summed E-state index contributed by atoms with van der Waals surface area (Å²) in [6.45, 7) is 0.781. The van der Waals surface area contributed by atoms with Crippen LogP contribution in [-0.4, -0.2) is 30.3 Å². The summed E-state index contributed by atoms with van der Waals surface area (Å²) in [4.78, 5) is 7.75. The van der Waals surface area contributed by atoms with Crippen molar-refractivity contribution in [2.45, 2.75) is 23.7 Å². The molecule has 2 nitrogen and oxygen atoms in total. The Labute approximate surface area is 118 Å². The van der Waals surface area contributed by atoms with E-state index in [1.165, 1.54) is 0 Å². The van der Waals surface area contributed by atoms with Crippen molar-refractivity contribution in [1.29, 1.82) is 0 Å². The van der Waals surface area contributed by atoms with E-state index in [1.54, 1.807) is 23.1 Å². The van der Waals surface area contributed by atoms with Crippen LogP contribution in [-0.2, 0) is 0 Å². The molecule has 1 aliphatic rings. The molecule has 102 valence electrons. The van der Waals surface area contributed by atoms with Crippen LogP contribution in [0.5, 0.6) is 0 Å². The second kappa shape index (κ2) is 4.90. The zero-order chi connectivity index (χ0) is 13.5. The molecule has 1 fully saturated rings. The summed E-state index contributed by atoms with van der Waals surface area (Å²) in [7, 11) is 0. The predicted molar refractivity (Wildman–Crippen MR) is 77.8 cm³/mol. The fourth-order valence-electron chi connectivity index (χ4n) is 2.24. The molecule has 0 aliphatic carbocycles. The van der Waals surface area contributed by atoms with Crippen LogP contribution >= 0.6 is 23.1 Å². The van der Waals surface area contributed by atoms with Gasteiger partial charge >= 0.3 is 0 Å². The van der Waals surface area contributed by atoms with Gasteiger partial charge in [0.1, 0.15) is 0 Å². The van der Waals surface area contributed by atoms with Crippen LogP contribution < -0.4 is 4.90 Å². The van der Waals surface area contributed by atoms with Crippen molar-refractivity contribution in [2.24, 2.45) is 0 Å². The Morgan fingerprint density at radius 3 is 2.74 bits per heavy atom. The van der Waals surface area contributed by atoms with Gasteiger partial charge in [0.2, 0.25) is 0 Å². The number of fused-ring (bicyclic) bond motifs is 1. The molecule has 2 heterocycles. The van der Waals surface area contributed by atoms with Crippen LogP contribution in [0.2, 0.25) is 0 Å². The molecule has 0 bridgehead atoms. The van der Waals surface area contributed by atoms with Crippen molar-refractivity contribution in [3.63, 3.8) is 0 Å². The Balaban J connectivity index is 1.90. The van der Waals surface area contributed by atoms with Crippen molar-refractivity contribution in [2.75, 3.05) is 24.2 Å². The fourth-order valence-corrected chi connectivity index (χ4v) is 3.91. The van der Waals surface area contributed by atoms with E-state index in [4.69, 9.17) is 0 Å². The van der Waals surface area contributed by atoms with Gasteiger partial charge in [0.25, 0.3) is 5.92 Å². The van der Waals surface area contributed by atoms with Crippen molar-refractivity contribution in [3.8, 4) is 0 Å². The number of piperidine rings is 1. The van der Waals surface area contributed by atoms with E-state index in [1.807, 2.05) is 29.4 Å². The van der Waals surface area contributed by atoms with Gasteiger partial charge in [-0.2, -0.15) is 0 Å². The second-order valence-corrected chi connectivity index (χ2v) is 6.50. The topological polar surface area (TPSA) is 16.1 Å². The van der Waals surface area contributed by atoms with Crippen molar-refractivity contribution in [1.82, 2.24) is 4.98 Å². The van der Waals surface area contributed by atoms with E-state index in [2.05, 4.69) is 4.98 Å². The van der Waals surface area contributed by atoms with Gasteiger partial charge < -0.3 is 4.90 Å². The first-order valence-corrected chi connectivity index (χ1v) is 8.19. The van der Waals surface area contributed by atoms with Gasteiger partial charge in [-0.1, -0.05) is 17.4 Å². The van der Waals surface area contributed by atoms with E-state index in [-0.39, 0.29) is 12.8 Å². The third-order valence-corrected chi connectivity index (χ3v) is 5.21. The number of alkyl halides is 2. The molecule has 0 unspecified atom stereocenters. The van der Waals surface area contributed by atoms with E-state index in [9.17, 15) is 8.78 Å². The molecular formula is C13H14F2N2S2. The minimum atomic E-state index is -2.50. The van der Waals surface area contributed by atoms with Crippen LogP contribution in [0.1, 0.15) is 12.8 Å². The molecule has 1 aliphatic heterocycles. The quantitative estimate of drug-likeness (QED) is 0.771. The first-order valence-electron chi connectivity index (χ1n) is 6.15. The molecule has 6 heteroatoms. The van der Waals surface area contributed by atoms with E-state index < -0.39 is 5.92 Å². The number of halogens is 2. The molecule has 0 spiro atoms. The zero-order valence-corrected chi connectivity index (χ0v) is 12.2. The predicted octanol–water partition coefficient (Wildman–Crippen LogP) is 4.25. The van der Waals surface area contributed by atoms with Gasteiger partial charge in [-0.3, -0.25) is 0 Å². The van der Waals surface area contributed by atoms with Crippen LogP contribution in [0.4, 0.5) is 13.9 Å². The molecule has 1 aromatic heterocycles. The van der Waals surface area contributed by atoms with E-state index >= 15 is 0 Å². The lowest BCUT2D eigenvalue weighted by Gasteiger charge is -2.31. The SMILES string of the molecule is CSc1cccc2sc(N3CCC(F)(F)CC3)nc12. The molecule has 0 radical (unpaired) electrons. The number of para-hydroxylation sites is 1. The first kappa shape index (κ1) is 13.1. The molecule has 2 aromatic rings. The van der Waals surface area contributed by atoms with Gasteiger partial charge in [0.05, 0.1) is 10.2 Å². The molecule has 19 heavy (non-hydrogen) atoms. The lowest BCUT2D eigenvalue weighted by Crippen LogP contribution is -2.39. The number of aromatic nitrogens is 1. The standard InChI is InChI=1S/C13H14F2N2S2/c1-18-9-3-2-4-10-11(9)16-12(19-10)17-7-5-13(14,15)6-8-17/h2-4H,5-8H2,1H3. The third kappa shape index (κ3) is 2.56. The molecule has 0 amide bonds. The summed E-state index contributed by atoms with van der Waals surface area (Å²) < 4.78 is 27.5. The molecule has 1 aromatic carbocycles. The van der Waals surface area contributed by atoms with Gasteiger partial charge in [-0.15, -0.1) is 11.8 Å². The van der Waals surface area contributed by atoms with Crippen molar-refractivity contribution < 1.29 is 8.78 Å². The second-order valence-electron chi connectivity index (χ2n) is 4.65. The van der Waals surface area contributed by atoms with Gasteiger partial charge in [0, 0.05) is 30.8 Å². The average molecular weight is 300 g/mol. The van der Waals surface area contributed by atoms with E-state index in [0.29, 0.717) is 13.1 Å². The summed E-state index contributed by atoms with van der Waals surface area (Å²) in [5.41, 5.74) is 0.993. The monoisotopic (exact) mass is 300 g/mol. The number of anilines is 1. The number of rotatable bonds is 2. The fraction of sp³-hybridized carbons (Fsp3) is 0.462. The Morgan fingerprint density at radius 2 is 2.05 bits per heavy atom. The highest BCUT2D eigenvalue weighted by atomic mass is 32.2. The van der Waals surface area contributed by atoms with Crippen LogP contribution in [0.3, 0.4) is 0 Å². The molecule has 3 rings (SSSR count). The van der Waals surface area contributed by atoms with E-state index in [0.717, 1.165) is 20.2 Å². The van der Waals surface area contributed by atoms with Crippen LogP contribution in [0.25, 0.3) is 10.2 Å². The maximum absolute atomic E-state index is 13.2. The third-order valence-electron chi connectivity index (χ3n) is 3.36. The minimum absolute atomic E-state index is 0.0711. The Kier molecular flexibility index (Phi) is 3.39. The number of thioether (sulfide) groups is 1. The lowest BCUT2D eigenvalue weighted by atomic mass is 10.1. The highest BCUT2D eigenvalue weighted by Gasteiger charge is 2.34. The Bertz CT molecular complexity index is 587. The maximum atomic E-state index is 13.2. The number of hydrogen-bond acceptors (Lipinski definition) is 4. The van der Waals surface area contributed by atoms with Crippen molar-refractivity contribution in [3.05, 3.63) is 18.2 Å². The minimum Gasteiger partial charge on any atom is -0.348 e. The average Bonchev–Trinajstić information content (AvgIpc) is 2.82. The molecule has 0 N–H and O–H groups in total. The van der Waals surface area contributed by atoms with Gasteiger partial charge in [0.15, 0.2) is 5.13 Å². The number of benzene rings is 1. The maximum Gasteiger partial charge on any atom is 0.251 e. The molecule has 1 saturated heterocycles. The molecular weight excluding hydrogens is 286 g/mol. The van der Waals surface area contributed by atoms with Crippen molar-refractivity contribution >= 4 is 38.4 Å². The summed E-state index contributed by atoms with van der Waals surface area (Å²) >= 11 is 3.25. The highest BCUT2D eigenvalue weighted by molar-refractivity contribution is 7.98. The largest absolute Gasteiger partial charge is 0.348 e. The zero-order valence-electron chi connectivity index (χ0n) is 10.5. The summed E-state index contributed by atoms with van der Waals surface area (Å²) in [5, 5.41) is 0.868. The van der Waals surface area contributed by atoms with Crippen LogP contribution in [0.15, 0.2) is 23.1 Å². The lowest BCUT2D eigenvalue weighted by molar-refractivity contribution is -0.0220. The van der Waals surface area contributed by atoms with Gasteiger partial charge in [-0.25, -0.2) is 13.8 Å². The summed E-state index contributed by atoms with van der Waals surface area (Å²) in [6.07, 6.45) is 1.88. The van der Waals surface area contributed by atoms with Gasteiger partial charge in [-0.05, 0) is 18.4 Å².